The number of aryl methyl sites for hydroxylation is 1. The van der Waals surface area contributed by atoms with Gasteiger partial charge in [0.05, 0.1) is 0 Å². The first-order valence-corrected chi connectivity index (χ1v) is 8.23. The molecule has 0 aliphatic carbocycles. The van der Waals surface area contributed by atoms with E-state index in [4.69, 9.17) is 11.6 Å². The van der Waals surface area contributed by atoms with Gasteiger partial charge < -0.3 is 0 Å². The molecule has 1 aromatic rings. The molecule has 0 N–H and O–H groups in total. The van der Waals surface area contributed by atoms with Crippen LogP contribution in [-0.2, 0) is 5.41 Å². The molecule has 0 amide bonds. The highest BCUT2D eigenvalue weighted by molar-refractivity contribution is 8.76. The van der Waals surface area contributed by atoms with Crippen molar-refractivity contribution in [2.45, 2.75) is 44.9 Å². The fraction of sp³-hybridized carbons (Fsp3) is 0.538. The van der Waals surface area contributed by atoms with E-state index in [1.54, 1.807) is 21.6 Å². The summed E-state index contributed by atoms with van der Waals surface area (Å²) in [7, 11) is 3.56. The minimum atomic E-state index is 0.106. The highest BCUT2D eigenvalue weighted by Crippen LogP contribution is 2.41. The summed E-state index contributed by atoms with van der Waals surface area (Å²) in [6, 6.07) is 2.23. The van der Waals surface area contributed by atoms with Gasteiger partial charge in [0.15, 0.2) is 0 Å². The van der Waals surface area contributed by atoms with Crippen LogP contribution in [-0.4, -0.2) is 6.26 Å². The van der Waals surface area contributed by atoms with Gasteiger partial charge in [-0.25, -0.2) is 0 Å². The molecule has 0 unspecified atom stereocenters. The molecule has 0 aliphatic rings. The van der Waals surface area contributed by atoms with Gasteiger partial charge in [-0.1, -0.05) is 60.0 Å². The average Bonchev–Trinajstić information content (AvgIpc) is 2.16. The Balaban J connectivity index is 3.39. The molecular weight excluding hydrogens is 256 g/mol. The summed E-state index contributed by atoms with van der Waals surface area (Å²) in [4.78, 5) is 1.31. The summed E-state index contributed by atoms with van der Waals surface area (Å²) in [6.45, 7) is 10.9. The van der Waals surface area contributed by atoms with E-state index in [-0.39, 0.29) is 5.41 Å². The lowest BCUT2D eigenvalue weighted by molar-refractivity contribution is 0.588. The highest BCUT2D eigenvalue weighted by atomic mass is 35.5. The largest absolute Gasteiger partial charge is 0.0924 e. The maximum absolute atomic E-state index is 6.47. The van der Waals surface area contributed by atoms with E-state index in [9.17, 15) is 0 Å². The molecule has 0 atom stereocenters. The average molecular weight is 275 g/mol. The zero-order valence-corrected chi connectivity index (χ0v) is 13.2. The third-order valence-corrected chi connectivity index (χ3v) is 5.05. The molecule has 0 saturated carbocycles. The Morgan fingerprint density at radius 1 is 1.19 bits per heavy atom. The van der Waals surface area contributed by atoms with E-state index in [1.165, 1.54) is 21.6 Å². The van der Waals surface area contributed by atoms with Crippen LogP contribution in [0.1, 0.15) is 37.5 Å². The smallest absolute Gasteiger partial charge is 0.0484 e. The summed E-state index contributed by atoms with van der Waals surface area (Å²) >= 11 is 6.47. The third-order valence-electron chi connectivity index (χ3n) is 2.60. The Morgan fingerprint density at radius 2 is 1.75 bits per heavy atom. The van der Waals surface area contributed by atoms with E-state index in [1.807, 2.05) is 0 Å². The van der Waals surface area contributed by atoms with Crippen molar-refractivity contribution >= 4 is 33.2 Å². The molecule has 0 radical (unpaired) electrons. The molecule has 0 aliphatic heterocycles. The zero-order chi connectivity index (χ0) is 12.5. The monoisotopic (exact) mass is 274 g/mol. The first kappa shape index (κ1) is 14.3. The maximum Gasteiger partial charge on any atom is 0.0484 e. The predicted molar refractivity (Wildman–Crippen MR) is 79.0 cm³/mol. The summed E-state index contributed by atoms with van der Waals surface area (Å²) in [6.07, 6.45) is 2.09. The molecule has 0 fully saturated rings. The second-order valence-electron chi connectivity index (χ2n) is 5.01. The molecule has 0 saturated heterocycles. The Morgan fingerprint density at radius 3 is 2.19 bits per heavy atom. The number of hydrogen-bond acceptors (Lipinski definition) is 2. The number of rotatable bonds is 2. The molecule has 0 nitrogen and oxygen atoms in total. The van der Waals surface area contributed by atoms with Crippen molar-refractivity contribution in [1.29, 1.82) is 0 Å². The fourth-order valence-corrected chi connectivity index (χ4v) is 4.04. The van der Waals surface area contributed by atoms with Gasteiger partial charge in [-0.2, -0.15) is 0 Å². The minimum Gasteiger partial charge on any atom is -0.0924 e. The third kappa shape index (κ3) is 2.91. The minimum absolute atomic E-state index is 0.106. The zero-order valence-electron chi connectivity index (χ0n) is 10.8. The Kier molecular flexibility index (Phi) is 4.67. The molecule has 0 bridgehead atoms. The van der Waals surface area contributed by atoms with Gasteiger partial charge in [-0.3, -0.25) is 0 Å². The van der Waals surface area contributed by atoms with Crippen molar-refractivity contribution in [3.05, 3.63) is 27.8 Å². The van der Waals surface area contributed by atoms with Crippen molar-refractivity contribution < 1.29 is 0 Å². The lowest BCUT2D eigenvalue weighted by atomic mass is 9.85. The Hall–Kier alpha value is 0.210. The Bertz CT molecular complexity index is 392. The van der Waals surface area contributed by atoms with Gasteiger partial charge in [0, 0.05) is 9.92 Å². The summed E-state index contributed by atoms with van der Waals surface area (Å²) in [5, 5.41) is 0.926. The summed E-state index contributed by atoms with van der Waals surface area (Å²) in [5.41, 5.74) is 3.89. The van der Waals surface area contributed by atoms with E-state index in [2.05, 4.69) is 46.9 Å². The maximum atomic E-state index is 6.47. The van der Waals surface area contributed by atoms with Crippen molar-refractivity contribution in [3.63, 3.8) is 0 Å². The van der Waals surface area contributed by atoms with E-state index >= 15 is 0 Å². The second kappa shape index (κ2) is 5.24. The molecular formula is C13H19ClS2. The molecule has 1 aromatic carbocycles. The van der Waals surface area contributed by atoms with Gasteiger partial charge in [0.2, 0.25) is 0 Å². The van der Waals surface area contributed by atoms with Crippen LogP contribution in [0.4, 0.5) is 0 Å². The van der Waals surface area contributed by atoms with Gasteiger partial charge >= 0.3 is 0 Å². The van der Waals surface area contributed by atoms with Crippen LogP contribution in [0.5, 0.6) is 0 Å². The molecule has 0 aromatic heterocycles. The molecule has 16 heavy (non-hydrogen) atoms. The van der Waals surface area contributed by atoms with E-state index in [0.717, 1.165) is 5.02 Å². The van der Waals surface area contributed by atoms with Crippen LogP contribution in [0.2, 0.25) is 5.02 Å². The lowest BCUT2D eigenvalue weighted by Gasteiger charge is -2.24. The van der Waals surface area contributed by atoms with Crippen LogP contribution < -0.4 is 0 Å². The van der Waals surface area contributed by atoms with Gasteiger partial charge in [0.25, 0.3) is 0 Å². The van der Waals surface area contributed by atoms with Crippen LogP contribution in [0, 0.1) is 13.8 Å². The van der Waals surface area contributed by atoms with Crippen LogP contribution in [0.3, 0.4) is 0 Å². The SMILES string of the molecule is CSSc1c(C)cc(C(C)(C)C)c(Cl)c1C. The summed E-state index contributed by atoms with van der Waals surface area (Å²) < 4.78 is 0. The second-order valence-corrected chi connectivity index (χ2v) is 7.80. The number of hydrogen-bond donors (Lipinski definition) is 0. The van der Waals surface area contributed by atoms with Crippen LogP contribution in [0.25, 0.3) is 0 Å². The van der Waals surface area contributed by atoms with Gasteiger partial charge in [-0.05, 0) is 42.2 Å². The van der Waals surface area contributed by atoms with E-state index < -0.39 is 0 Å². The van der Waals surface area contributed by atoms with Crippen LogP contribution >= 0.6 is 33.2 Å². The molecule has 0 spiro atoms. The first-order valence-electron chi connectivity index (χ1n) is 5.30. The highest BCUT2D eigenvalue weighted by Gasteiger charge is 2.21. The topological polar surface area (TPSA) is 0 Å². The molecule has 90 valence electrons. The van der Waals surface area contributed by atoms with E-state index in [0.29, 0.717) is 0 Å². The normalized spacial score (nSPS) is 11.9. The number of benzene rings is 1. The van der Waals surface area contributed by atoms with Gasteiger partial charge in [0.1, 0.15) is 0 Å². The molecule has 0 heterocycles. The van der Waals surface area contributed by atoms with Crippen molar-refractivity contribution in [3.8, 4) is 0 Å². The van der Waals surface area contributed by atoms with Crippen LogP contribution in [0.15, 0.2) is 11.0 Å². The first-order chi connectivity index (χ1) is 7.29. The lowest BCUT2D eigenvalue weighted by Crippen LogP contribution is -2.13. The summed E-state index contributed by atoms with van der Waals surface area (Å²) in [5.74, 6) is 0. The predicted octanol–water partition coefficient (Wildman–Crippen LogP) is 5.62. The standard InChI is InChI=1S/C13H19ClS2/c1-8-7-10(13(3,4)5)11(14)9(2)12(8)16-15-6/h7H,1-6H3. The van der Waals surface area contributed by atoms with Crippen molar-refractivity contribution in [2.75, 3.05) is 6.26 Å². The van der Waals surface area contributed by atoms with Gasteiger partial charge in [-0.15, -0.1) is 0 Å². The molecule has 1 rings (SSSR count). The fourth-order valence-electron chi connectivity index (χ4n) is 1.70. The number of halogens is 1. The van der Waals surface area contributed by atoms with Crippen molar-refractivity contribution in [1.82, 2.24) is 0 Å². The molecule has 3 heteroatoms. The van der Waals surface area contributed by atoms with Crippen molar-refractivity contribution in [2.24, 2.45) is 0 Å². The quantitative estimate of drug-likeness (QED) is 0.642. The Labute approximate surface area is 112 Å².